The number of amides is 2. The van der Waals surface area contributed by atoms with Crippen molar-refractivity contribution in [2.24, 2.45) is 0 Å². The van der Waals surface area contributed by atoms with Crippen LogP contribution < -0.4 is 9.64 Å². The van der Waals surface area contributed by atoms with E-state index in [1.165, 1.54) is 37.3 Å². The average molecular weight is 523 g/mol. The number of benzene rings is 3. The van der Waals surface area contributed by atoms with E-state index in [4.69, 9.17) is 9.47 Å². The molecule has 2 amide bonds. The summed E-state index contributed by atoms with van der Waals surface area (Å²) < 4.78 is 39.7. The van der Waals surface area contributed by atoms with E-state index in [0.29, 0.717) is 13.0 Å². The maximum Gasteiger partial charge on any atom is 0.308 e. The molecule has 10 heteroatoms. The Morgan fingerprint density at radius 2 is 1.78 bits per heavy atom. The highest BCUT2D eigenvalue weighted by Gasteiger charge is 2.47. The number of nitrogens with zero attached hydrogens (tertiary/aromatic N) is 2. The number of hydrogen-bond donors (Lipinski definition) is 0. The van der Waals surface area contributed by atoms with Gasteiger partial charge in [0, 0.05) is 20.1 Å². The molecule has 37 heavy (non-hydrogen) atoms. The summed E-state index contributed by atoms with van der Waals surface area (Å²) in [6.07, 6.45) is 0.812. The smallest absolute Gasteiger partial charge is 0.308 e. The van der Waals surface area contributed by atoms with Crippen molar-refractivity contribution in [3.63, 3.8) is 0 Å². The molecular formula is C27H26N2O7S. The molecule has 3 aromatic carbocycles. The summed E-state index contributed by atoms with van der Waals surface area (Å²) in [7, 11) is -4.15. The van der Waals surface area contributed by atoms with Crippen molar-refractivity contribution in [3.05, 3.63) is 66.7 Å². The largest absolute Gasteiger partial charge is 0.427 e. The van der Waals surface area contributed by atoms with E-state index in [-0.39, 0.29) is 35.4 Å². The van der Waals surface area contributed by atoms with Crippen LogP contribution in [0.2, 0.25) is 0 Å². The maximum absolute atomic E-state index is 13.9. The lowest BCUT2D eigenvalue weighted by Gasteiger charge is -2.29. The Morgan fingerprint density at radius 1 is 1.05 bits per heavy atom. The third-order valence-electron chi connectivity index (χ3n) is 6.56. The van der Waals surface area contributed by atoms with Crippen molar-refractivity contribution < 1.29 is 32.3 Å². The SMILES string of the molecule is CC(=O)Oc1ccc(N2C(=O)CC(N(CC3CCCO3)S(=O)(=O)c3ccc4ccccc4c3)C2=O)cc1. The van der Waals surface area contributed by atoms with Gasteiger partial charge in [0.25, 0.3) is 5.91 Å². The summed E-state index contributed by atoms with van der Waals surface area (Å²) in [4.78, 5) is 38.8. The van der Waals surface area contributed by atoms with Crippen molar-refractivity contribution in [1.82, 2.24) is 4.31 Å². The van der Waals surface area contributed by atoms with Gasteiger partial charge in [-0.3, -0.25) is 14.4 Å². The van der Waals surface area contributed by atoms with Gasteiger partial charge in [0.05, 0.1) is 23.1 Å². The van der Waals surface area contributed by atoms with Gasteiger partial charge in [-0.05, 0) is 60.0 Å². The number of fused-ring (bicyclic) bond motifs is 1. The van der Waals surface area contributed by atoms with Crippen molar-refractivity contribution in [2.45, 2.75) is 43.2 Å². The number of carbonyl (C=O) groups is 3. The topological polar surface area (TPSA) is 110 Å². The minimum Gasteiger partial charge on any atom is -0.427 e. The van der Waals surface area contributed by atoms with Gasteiger partial charge in [-0.1, -0.05) is 30.3 Å². The number of anilines is 1. The van der Waals surface area contributed by atoms with Gasteiger partial charge < -0.3 is 9.47 Å². The zero-order valence-electron chi connectivity index (χ0n) is 20.2. The van der Waals surface area contributed by atoms with Gasteiger partial charge in [-0.25, -0.2) is 13.3 Å². The predicted molar refractivity (Wildman–Crippen MR) is 135 cm³/mol. The monoisotopic (exact) mass is 522 g/mol. The molecule has 3 aromatic rings. The summed E-state index contributed by atoms with van der Waals surface area (Å²) in [5.74, 6) is -1.37. The molecule has 2 atom stereocenters. The van der Waals surface area contributed by atoms with Crippen LogP contribution in [0.5, 0.6) is 5.75 Å². The molecule has 0 saturated carbocycles. The fourth-order valence-corrected chi connectivity index (χ4v) is 6.44. The summed E-state index contributed by atoms with van der Waals surface area (Å²) in [5, 5.41) is 1.64. The van der Waals surface area contributed by atoms with Crippen LogP contribution in [0.1, 0.15) is 26.2 Å². The van der Waals surface area contributed by atoms with Crippen molar-refractivity contribution in [1.29, 1.82) is 0 Å². The van der Waals surface area contributed by atoms with Gasteiger partial charge in [-0.15, -0.1) is 0 Å². The van der Waals surface area contributed by atoms with Crippen LogP contribution in [0.25, 0.3) is 10.8 Å². The number of ether oxygens (including phenoxy) is 2. The number of hydrogen-bond acceptors (Lipinski definition) is 7. The summed E-state index contributed by atoms with van der Waals surface area (Å²) in [6, 6.07) is 16.9. The minimum absolute atomic E-state index is 0.0297. The van der Waals surface area contributed by atoms with Crippen LogP contribution in [0.15, 0.2) is 71.6 Å². The summed E-state index contributed by atoms with van der Waals surface area (Å²) in [6.45, 7) is 1.76. The minimum atomic E-state index is -4.15. The molecule has 2 heterocycles. The Morgan fingerprint density at radius 3 is 2.46 bits per heavy atom. The lowest BCUT2D eigenvalue weighted by Crippen LogP contribution is -2.48. The Bertz CT molecular complexity index is 1460. The molecule has 9 nitrogen and oxygen atoms in total. The Hall–Kier alpha value is -3.60. The summed E-state index contributed by atoms with van der Waals surface area (Å²) in [5.41, 5.74) is 0.272. The van der Waals surface area contributed by atoms with E-state index < -0.39 is 33.8 Å². The van der Waals surface area contributed by atoms with E-state index in [1.807, 2.05) is 24.3 Å². The van der Waals surface area contributed by atoms with E-state index in [1.54, 1.807) is 12.1 Å². The Balaban J connectivity index is 1.48. The Kier molecular flexibility index (Phi) is 6.80. The molecule has 0 N–H and O–H groups in total. The number of imide groups is 1. The fraction of sp³-hybridized carbons (Fsp3) is 0.296. The van der Waals surface area contributed by atoms with Crippen LogP contribution in [0, 0.1) is 0 Å². The van der Waals surface area contributed by atoms with Crippen LogP contribution >= 0.6 is 0 Å². The molecule has 5 rings (SSSR count). The molecule has 0 bridgehead atoms. The van der Waals surface area contributed by atoms with Gasteiger partial charge in [0.15, 0.2) is 0 Å². The third kappa shape index (κ3) is 5.00. The van der Waals surface area contributed by atoms with Crippen LogP contribution in [-0.2, 0) is 29.1 Å². The highest BCUT2D eigenvalue weighted by atomic mass is 32.2. The molecule has 2 saturated heterocycles. The van der Waals surface area contributed by atoms with Crippen LogP contribution in [0.3, 0.4) is 0 Å². The number of rotatable bonds is 7. The second-order valence-electron chi connectivity index (χ2n) is 9.09. The second-order valence-corrected chi connectivity index (χ2v) is 11.0. The van der Waals surface area contributed by atoms with Crippen LogP contribution in [-0.4, -0.2) is 55.8 Å². The van der Waals surface area contributed by atoms with E-state index in [0.717, 1.165) is 26.4 Å². The molecular weight excluding hydrogens is 496 g/mol. The Labute approximate surface area is 214 Å². The standard InChI is InChI=1S/C27H26N2O7S/c1-18(30)36-22-11-9-21(10-12-22)29-26(31)16-25(27(29)32)28(17-23-7-4-14-35-23)37(33,34)24-13-8-19-5-2-3-6-20(19)15-24/h2-3,5-6,8-13,15,23,25H,4,7,14,16-17H2,1H3. The number of carbonyl (C=O) groups excluding carboxylic acids is 3. The van der Waals surface area contributed by atoms with Crippen molar-refractivity contribution in [2.75, 3.05) is 18.1 Å². The predicted octanol–water partition coefficient (Wildman–Crippen LogP) is 3.27. The van der Waals surface area contributed by atoms with Crippen LogP contribution in [0.4, 0.5) is 5.69 Å². The fourth-order valence-electron chi connectivity index (χ4n) is 4.79. The van der Waals surface area contributed by atoms with Gasteiger partial charge >= 0.3 is 5.97 Å². The first-order valence-corrected chi connectivity index (χ1v) is 13.5. The number of sulfonamides is 1. The normalized spacial score (nSPS) is 20.2. The lowest BCUT2D eigenvalue weighted by molar-refractivity contribution is -0.132. The second kappa shape index (κ2) is 10.0. The van der Waals surface area contributed by atoms with E-state index >= 15 is 0 Å². The molecule has 2 aliphatic heterocycles. The van der Waals surface area contributed by atoms with Gasteiger partial charge in [-0.2, -0.15) is 4.31 Å². The first kappa shape index (κ1) is 25.1. The third-order valence-corrected chi connectivity index (χ3v) is 8.43. The number of esters is 1. The first-order chi connectivity index (χ1) is 17.7. The maximum atomic E-state index is 13.9. The zero-order valence-corrected chi connectivity index (χ0v) is 21.0. The molecule has 2 fully saturated rings. The lowest BCUT2D eigenvalue weighted by atomic mass is 10.1. The van der Waals surface area contributed by atoms with Gasteiger partial charge in [0.2, 0.25) is 15.9 Å². The van der Waals surface area contributed by atoms with Gasteiger partial charge in [0.1, 0.15) is 11.8 Å². The van der Waals surface area contributed by atoms with E-state index in [9.17, 15) is 22.8 Å². The first-order valence-electron chi connectivity index (χ1n) is 12.0. The molecule has 0 radical (unpaired) electrons. The highest BCUT2D eigenvalue weighted by Crippen LogP contribution is 2.32. The zero-order chi connectivity index (χ0) is 26.2. The van der Waals surface area contributed by atoms with E-state index in [2.05, 4.69) is 0 Å². The molecule has 2 aliphatic rings. The molecule has 2 unspecified atom stereocenters. The van der Waals surface area contributed by atoms with Crippen molar-refractivity contribution >= 4 is 44.3 Å². The van der Waals surface area contributed by atoms with Crippen molar-refractivity contribution in [3.8, 4) is 5.75 Å². The quantitative estimate of drug-likeness (QED) is 0.266. The average Bonchev–Trinajstić information content (AvgIpc) is 3.49. The molecule has 0 aromatic heterocycles. The molecule has 0 spiro atoms. The highest BCUT2D eigenvalue weighted by molar-refractivity contribution is 7.89. The summed E-state index contributed by atoms with van der Waals surface area (Å²) >= 11 is 0. The molecule has 192 valence electrons. The molecule has 0 aliphatic carbocycles.